The Balaban J connectivity index is 1.32. The van der Waals surface area contributed by atoms with Crippen LogP contribution in [0, 0.1) is 6.92 Å². The molecule has 5 heteroatoms. The molecule has 2 unspecified atom stereocenters. The molecular formula is C27H27N5. The molecule has 2 atom stereocenters. The van der Waals surface area contributed by atoms with Gasteiger partial charge in [-0.3, -0.25) is 4.98 Å². The first-order valence-corrected chi connectivity index (χ1v) is 11.5. The van der Waals surface area contributed by atoms with Crippen molar-refractivity contribution in [3.8, 4) is 0 Å². The molecule has 4 heterocycles. The summed E-state index contributed by atoms with van der Waals surface area (Å²) in [6, 6.07) is 10.9. The summed E-state index contributed by atoms with van der Waals surface area (Å²) in [6.45, 7) is 2.95. The highest BCUT2D eigenvalue weighted by atomic mass is 15.2. The Labute approximate surface area is 188 Å². The number of benzene rings is 1. The second-order valence-corrected chi connectivity index (χ2v) is 9.10. The van der Waals surface area contributed by atoms with Gasteiger partial charge in [0.05, 0.1) is 6.20 Å². The Hall–Kier alpha value is -3.47. The van der Waals surface area contributed by atoms with Gasteiger partial charge in [-0.2, -0.15) is 5.10 Å². The van der Waals surface area contributed by atoms with E-state index in [0.29, 0.717) is 11.8 Å². The Bertz CT molecular complexity index is 1300. The van der Waals surface area contributed by atoms with Crippen LogP contribution in [0.1, 0.15) is 65.3 Å². The maximum atomic E-state index is 4.91. The van der Waals surface area contributed by atoms with Gasteiger partial charge in [-0.25, -0.2) is 9.50 Å². The van der Waals surface area contributed by atoms with Gasteiger partial charge < -0.3 is 5.32 Å². The van der Waals surface area contributed by atoms with E-state index in [-0.39, 0.29) is 0 Å². The summed E-state index contributed by atoms with van der Waals surface area (Å²) in [5.41, 5.74) is 9.60. The number of fused-ring (bicyclic) bond motifs is 2. The van der Waals surface area contributed by atoms with Crippen molar-refractivity contribution < 1.29 is 0 Å². The zero-order valence-corrected chi connectivity index (χ0v) is 18.3. The van der Waals surface area contributed by atoms with E-state index in [1.54, 1.807) is 0 Å². The number of rotatable bonds is 3. The topological polar surface area (TPSA) is 55.1 Å². The fourth-order valence-corrected chi connectivity index (χ4v) is 5.38. The summed E-state index contributed by atoms with van der Waals surface area (Å²) in [5, 5.41) is 8.18. The number of nitrogens with one attached hydrogen (secondary N) is 1. The molecule has 1 aromatic carbocycles. The molecule has 32 heavy (non-hydrogen) atoms. The van der Waals surface area contributed by atoms with Gasteiger partial charge in [-0.05, 0) is 79.0 Å². The molecule has 1 aliphatic carbocycles. The summed E-state index contributed by atoms with van der Waals surface area (Å²) in [7, 11) is 0. The minimum absolute atomic E-state index is 0.521. The van der Waals surface area contributed by atoms with Crippen molar-refractivity contribution >= 4 is 16.9 Å². The SMILES string of the molecule is Cc1ccc2c(c1)C(c1cnn3cc(C4CCCC(c5ccncc5)C4)cnc13)=CCN2. The molecule has 3 aromatic heterocycles. The summed E-state index contributed by atoms with van der Waals surface area (Å²) in [5.74, 6) is 1.12. The second kappa shape index (κ2) is 7.90. The molecule has 5 nitrogen and oxygen atoms in total. The number of aromatic nitrogens is 4. The highest BCUT2D eigenvalue weighted by molar-refractivity contribution is 5.92. The maximum absolute atomic E-state index is 4.91. The van der Waals surface area contributed by atoms with E-state index < -0.39 is 0 Å². The Morgan fingerprint density at radius 2 is 1.81 bits per heavy atom. The first-order chi connectivity index (χ1) is 15.8. The molecule has 0 bridgehead atoms. The van der Waals surface area contributed by atoms with E-state index in [4.69, 9.17) is 10.1 Å². The van der Waals surface area contributed by atoms with Gasteiger partial charge in [-0.15, -0.1) is 0 Å². The average Bonchev–Trinajstić information content (AvgIpc) is 3.27. The van der Waals surface area contributed by atoms with Crippen LogP contribution in [-0.4, -0.2) is 26.1 Å². The third kappa shape index (κ3) is 3.38. The van der Waals surface area contributed by atoms with Crippen molar-refractivity contribution in [2.75, 3.05) is 11.9 Å². The summed E-state index contributed by atoms with van der Waals surface area (Å²) >= 11 is 0. The molecule has 1 N–H and O–H groups in total. The molecule has 6 rings (SSSR count). The minimum atomic E-state index is 0.521. The number of pyridine rings is 1. The van der Waals surface area contributed by atoms with Crippen molar-refractivity contribution in [1.82, 2.24) is 19.6 Å². The van der Waals surface area contributed by atoms with Crippen LogP contribution >= 0.6 is 0 Å². The van der Waals surface area contributed by atoms with Crippen molar-refractivity contribution in [2.24, 2.45) is 0 Å². The van der Waals surface area contributed by atoms with Gasteiger partial charge in [0.1, 0.15) is 0 Å². The normalized spacial score (nSPS) is 20.5. The molecule has 2 aliphatic rings. The second-order valence-electron chi connectivity index (χ2n) is 9.10. The Morgan fingerprint density at radius 3 is 2.69 bits per heavy atom. The lowest BCUT2D eigenvalue weighted by Gasteiger charge is -2.29. The molecule has 0 saturated heterocycles. The quantitative estimate of drug-likeness (QED) is 0.459. The van der Waals surface area contributed by atoms with Gasteiger partial charge in [0.2, 0.25) is 0 Å². The third-order valence-electron chi connectivity index (χ3n) is 7.05. The number of aryl methyl sites for hydroxylation is 1. The molecule has 160 valence electrons. The van der Waals surface area contributed by atoms with Crippen LogP contribution in [-0.2, 0) is 0 Å². The fraction of sp³-hybridized carbons (Fsp3) is 0.296. The molecule has 1 fully saturated rings. The molecule has 1 aliphatic heterocycles. The third-order valence-corrected chi connectivity index (χ3v) is 7.05. The monoisotopic (exact) mass is 421 g/mol. The van der Waals surface area contributed by atoms with Crippen LogP contribution < -0.4 is 5.32 Å². The predicted octanol–water partition coefficient (Wildman–Crippen LogP) is 5.73. The van der Waals surface area contributed by atoms with E-state index in [2.05, 4.69) is 66.0 Å². The van der Waals surface area contributed by atoms with Crippen LogP contribution in [0.2, 0.25) is 0 Å². The number of hydrogen-bond acceptors (Lipinski definition) is 4. The van der Waals surface area contributed by atoms with E-state index in [1.165, 1.54) is 52.8 Å². The van der Waals surface area contributed by atoms with Crippen LogP contribution in [0.25, 0.3) is 11.2 Å². The predicted molar refractivity (Wildman–Crippen MR) is 128 cm³/mol. The molecule has 0 spiro atoms. The zero-order chi connectivity index (χ0) is 21.5. The molecule has 4 aromatic rings. The van der Waals surface area contributed by atoms with Crippen molar-refractivity contribution in [2.45, 2.75) is 44.4 Å². The van der Waals surface area contributed by atoms with Gasteiger partial charge in [0.15, 0.2) is 5.65 Å². The van der Waals surface area contributed by atoms with E-state index >= 15 is 0 Å². The number of anilines is 1. The van der Waals surface area contributed by atoms with Crippen LogP contribution in [0.5, 0.6) is 0 Å². The van der Waals surface area contributed by atoms with E-state index in [1.807, 2.05) is 23.1 Å². The largest absolute Gasteiger partial charge is 0.381 e. The summed E-state index contributed by atoms with van der Waals surface area (Å²) < 4.78 is 1.97. The van der Waals surface area contributed by atoms with Crippen LogP contribution in [0.3, 0.4) is 0 Å². The van der Waals surface area contributed by atoms with Gasteiger partial charge in [0, 0.05) is 48.1 Å². The molecule has 0 radical (unpaired) electrons. The summed E-state index contributed by atoms with van der Waals surface area (Å²) in [6.07, 6.45) is 17.2. The molecule has 0 amide bonds. The standard InChI is InChI=1S/C27H27N5/c1-18-5-6-26-24(13-18)23(9-12-29-26)25-16-31-32-17-22(15-30-27(25)32)21-4-2-3-20(14-21)19-7-10-28-11-8-19/h5-11,13,15-17,20-21,29H,2-4,12,14H2,1H3. The zero-order valence-electron chi connectivity index (χ0n) is 18.3. The van der Waals surface area contributed by atoms with Gasteiger partial charge in [0.25, 0.3) is 0 Å². The average molecular weight is 422 g/mol. The number of nitrogens with zero attached hydrogens (tertiary/aromatic N) is 4. The molecular weight excluding hydrogens is 394 g/mol. The lowest BCUT2D eigenvalue weighted by molar-refractivity contribution is 0.392. The number of hydrogen-bond donors (Lipinski definition) is 1. The highest BCUT2D eigenvalue weighted by Crippen LogP contribution is 2.41. The fourth-order valence-electron chi connectivity index (χ4n) is 5.38. The lowest BCUT2D eigenvalue weighted by Crippen LogP contribution is -2.14. The van der Waals surface area contributed by atoms with Crippen LogP contribution in [0.4, 0.5) is 5.69 Å². The van der Waals surface area contributed by atoms with Crippen molar-refractivity contribution in [3.05, 3.63) is 95.2 Å². The Morgan fingerprint density at radius 1 is 0.969 bits per heavy atom. The van der Waals surface area contributed by atoms with Crippen LogP contribution in [0.15, 0.2) is 67.4 Å². The Kier molecular flexibility index (Phi) is 4.75. The van der Waals surface area contributed by atoms with E-state index in [0.717, 1.165) is 24.2 Å². The lowest BCUT2D eigenvalue weighted by atomic mass is 9.76. The summed E-state index contributed by atoms with van der Waals surface area (Å²) in [4.78, 5) is 9.10. The highest BCUT2D eigenvalue weighted by Gasteiger charge is 2.26. The minimum Gasteiger partial charge on any atom is -0.381 e. The van der Waals surface area contributed by atoms with Gasteiger partial charge in [-0.1, -0.05) is 24.1 Å². The smallest absolute Gasteiger partial charge is 0.162 e. The van der Waals surface area contributed by atoms with Crippen molar-refractivity contribution in [3.63, 3.8) is 0 Å². The maximum Gasteiger partial charge on any atom is 0.162 e. The molecule has 1 saturated carbocycles. The first-order valence-electron chi connectivity index (χ1n) is 11.5. The van der Waals surface area contributed by atoms with Crippen molar-refractivity contribution in [1.29, 1.82) is 0 Å². The van der Waals surface area contributed by atoms with E-state index in [9.17, 15) is 0 Å². The van der Waals surface area contributed by atoms with Gasteiger partial charge >= 0.3 is 0 Å². The first kappa shape index (κ1) is 19.2.